The number of carbonyl (C=O) groups is 1. The Morgan fingerprint density at radius 1 is 1.26 bits per heavy atom. The SMILES string of the molecule is O=C(Cc1cnn(-c2ccccc2)n1)N1CCC(C(F)(F)F)C1. The second-order valence-corrected chi connectivity index (χ2v) is 5.50. The summed E-state index contributed by atoms with van der Waals surface area (Å²) < 4.78 is 38.0. The Bertz CT molecular complexity index is 684. The number of hydrogen-bond donors (Lipinski definition) is 0. The van der Waals surface area contributed by atoms with E-state index in [0.29, 0.717) is 5.69 Å². The first kappa shape index (κ1) is 15.5. The molecule has 1 atom stereocenters. The highest BCUT2D eigenvalue weighted by Gasteiger charge is 2.44. The molecule has 8 heteroatoms. The molecule has 0 aliphatic carbocycles. The molecule has 0 saturated carbocycles. The van der Waals surface area contributed by atoms with Crippen LogP contribution in [0, 0.1) is 5.92 Å². The van der Waals surface area contributed by atoms with Gasteiger partial charge in [-0.15, -0.1) is 0 Å². The van der Waals surface area contributed by atoms with Gasteiger partial charge in [0.2, 0.25) is 5.91 Å². The summed E-state index contributed by atoms with van der Waals surface area (Å²) in [5.74, 6) is -1.77. The van der Waals surface area contributed by atoms with Crippen molar-refractivity contribution in [2.75, 3.05) is 13.1 Å². The van der Waals surface area contributed by atoms with Gasteiger partial charge in [0.15, 0.2) is 0 Å². The minimum atomic E-state index is -4.24. The molecule has 1 aromatic carbocycles. The number of para-hydroxylation sites is 1. The summed E-state index contributed by atoms with van der Waals surface area (Å²) in [5.41, 5.74) is 1.19. The summed E-state index contributed by atoms with van der Waals surface area (Å²) in [6, 6.07) is 9.18. The van der Waals surface area contributed by atoms with Crippen LogP contribution in [-0.4, -0.2) is 45.1 Å². The molecule has 5 nitrogen and oxygen atoms in total. The summed E-state index contributed by atoms with van der Waals surface area (Å²) in [5, 5.41) is 8.27. The summed E-state index contributed by atoms with van der Waals surface area (Å²) >= 11 is 0. The van der Waals surface area contributed by atoms with Crippen molar-refractivity contribution in [3.8, 4) is 5.69 Å². The first-order valence-corrected chi connectivity index (χ1v) is 7.24. The standard InChI is InChI=1S/C15H15F3N4O/c16-15(17,18)11-6-7-21(10-11)14(23)8-12-9-19-22(20-12)13-4-2-1-3-5-13/h1-5,9,11H,6-8,10H2. The van der Waals surface area contributed by atoms with Gasteiger partial charge in [0.05, 0.1) is 29.9 Å². The molecule has 1 unspecified atom stereocenters. The van der Waals surface area contributed by atoms with Crippen molar-refractivity contribution in [1.82, 2.24) is 19.9 Å². The van der Waals surface area contributed by atoms with Gasteiger partial charge in [-0.3, -0.25) is 4.79 Å². The van der Waals surface area contributed by atoms with Gasteiger partial charge in [0.25, 0.3) is 0 Å². The van der Waals surface area contributed by atoms with E-state index in [9.17, 15) is 18.0 Å². The first-order chi connectivity index (χ1) is 10.9. The lowest BCUT2D eigenvalue weighted by Gasteiger charge is -2.17. The monoisotopic (exact) mass is 324 g/mol. The van der Waals surface area contributed by atoms with Gasteiger partial charge >= 0.3 is 6.18 Å². The van der Waals surface area contributed by atoms with Crippen LogP contribution >= 0.6 is 0 Å². The number of carbonyl (C=O) groups excluding carboxylic acids is 1. The minimum absolute atomic E-state index is 0.0358. The molecule has 0 N–H and O–H groups in total. The largest absolute Gasteiger partial charge is 0.393 e. The number of hydrogen-bond acceptors (Lipinski definition) is 3. The van der Waals surface area contributed by atoms with Crippen molar-refractivity contribution in [3.63, 3.8) is 0 Å². The summed E-state index contributed by atoms with van der Waals surface area (Å²) in [7, 11) is 0. The van der Waals surface area contributed by atoms with Gasteiger partial charge < -0.3 is 4.90 Å². The van der Waals surface area contributed by atoms with Crippen LogP contribution in [-0.2, 0) is 11.2 Å². The Kier molecular flexibility index (Phi) is 4.06. The molecule has 0 bridgehead atoms. The molecule has 1 aliphatic heterocycles. The van der Waals surface area contributed by atoms with Crippen LogP contribution in [0.3, 0.4) is 0 Å². The predicted molar refractivity (Wildman–Crippen MR) is 75.8 cm³/mol. The van der Waals surface area contributed by atoms with Crippen molar-refractivity contribution in [3.05, 3.63) is 42.2 Å². The smallest absolute Gasteiger partial charge is 0.342 e. The molecule has 3 rings (SSSR count). The maximum absolute atomic E-state index is 12.7. The first-order valence-electron chi connectivity index (χ1n) is 7.24. The van der Waals surface area contributed by atoms with Crippen LogP contribution in [0.4, 0.5) is 13.2 Å². The lowest BCUT2D eigenvalue weighted by atomic mass is 10.1. The van der Waals surface area contributed by atoms with E-state index in [1.54, 1.807) is 0 Å². The average Bonchev–Trinajstić information content (AvgIpc) is 3.17. The number of nitrogens with zero attached hydrogens (tertiary/aromatic N) is 4. The lowest BCUT2D eigenvalue weighted by molar-refractivity contribution is -0.171. The van der Waals surface area contributed by atoms with E-state index < -0.39 is 12.1 Å². The average molecular weight is 324 g/mol. The molecular formula is C15H15F3N4O. The van der Waals surface area contributed by atoms with Crippen molar-refractivity contribution >= 4 is 5.91 Å². The van der Waals surface area contributed by atoms with Gasteiger partial charge in [0, 0.05) is 13.1 Å². The normalized spacial score (nSPS) is 18.4. The number of alkyl halides is 3. The Labute approximate surface area is 130 Å². The van der Waals surface area contributed by atoms with E-state index in [0.717, 1.165) is 5.69 Å². The number of rotatable bonds is 3. The van der Waals surface area contributed by atoms with Crippen molar-refractivity contribution in [2.24, 2.45) is 5.92 Å². The van der Waals surface area contributed by atoms with Crippen LogP contribution in [0.1, 0.15) is 12.1 Å². The number of benzene rings is 1. The fraction of sp³-hybridized carbons (Fsp3) is 0.400. The highest BCUT2D eigenvalue weighted by Crippen LogP contribution is 2.33. The number of halogens is 3. The van der Waals surface area contributed by atoms with Crippen LogP contribution < -0.4 is 0 Å². The molecule has 23 heavy (non-hydrogen) atoms. The minimum Gasteiger partial charge on any atom is -0.342 e. The second kappa shape index (κ2) is 6.02. The highest BCUT2D eigenvalue weighted by molar-refractivity contribution is 5.78. The molecule has 2 heterocycles. The summed E-state index contributed by atoms with van der Waals surface area (Å²) in [4.78, 5) is 14.8. The van der Waals surface area contributed by atoms with Crippen LogP contribution in [0.25, 0.3) is 5.69 Å². The Hall–Kier alpha value is -2.38. The fourth-order valence-electron chi connectivity index (χ4n) is 2.58. The molecule has 0 spiro atoms. The zero-order valence-electron chi connectivity index (χ0n) is 12.2. The molecule has 1 fully saturated rings. The quantitative estimate of drug-likeness (QED) is 0.870. The Balaban J connectivity index is 1.62. The van der Waals surface area contributed by atoms with Gasteiger partial charge in [-0.05, 0) is 18.6 Å². The topological polar surface area (TPSA) is 51.0 Å². The number of likely N-dealkylation sites (tertiary alicyclic amines) is 1. The maximum atomic E-state index is 12.7. The van der Waals surface area contributed by atoms with Gasteiger partial charge in [0.1, 0.15) is 0 Å². The highest BCUT2D eigenvalue weighted by atomic mass is 19.4. The molecule has 2 aromatic rings. The molecule has 1 aliphatic rings. The molecule has 1 aromatic heterocycles. The van der Waals surface area contributed by atoms with Crippen molar-refractivity contribution in [2.45, 2.75) is 19.0 Å². The van der Waals surface area contributed by atoms with Crippen LogP contribution in [0.15, 0.2) is 36.5 Å². The third kappa shape index (κ3) is 3.52. The van der Waals surface area contributed by atoms with E-state index in [2.05, 4.69) is 10.2 Å². The van der Waals surface area contributed by atoms with E-state index >= 15 is 0 Å². The lowest BCUT2D eigenvalue weighted by Crippen LogP contribution is -2.33. The maximum Gasteiger partial charge on any atom is 0.393 e. The fourth-order valence-corrected chi connectivity index (χ4v) is 2.58. The summed E-state index contributed by atoms with van der Waals surface area (Å²) in [6.45, 7) is -0.134. The molecular weight excluding hydrogens is 309 g/mol. The van der Waals surface area contributed by atoms with E-state index in [4.69, 9.17) is 0 Å². The van der Waals surface area contributed by atoms with E-state index in [-0.39, 0.29) is 31.8 Å². The second-order valence-electron chi connectivity index (χ2n) is 5.50. The zero-order valence-corrected chi connectivity index (χ0v) is 12.2. The van der Waals surface area contributed by atoms with Gasteiger partial charge in [-0.1, -0.05) is 18.2 Å². The Morgan fingerprint density at radius 3 is 2.65 bits per heavy atom. The van der Waals surface area contributed by atoms with Crippen molar-refractivity contribution in [1.29, 1.82) is 0 Å². The zero-order chi connectivity index (χ0) is 16.4. The molecule has 122 valence electrons. The molecule has 1 saturated heterocycles. The third-order valence-electron chi connectivity index (χ3n) is 3.86. The third-order valence-corrected chi connectivity index (χ3v) is 3.86. The Morgan fingerprint density at radius 2 is 2.00 bits per heavy atom. The number of amides is 1. The predicted octanol–water partition coefficient (Wildman–Crippen LogP) is 2.22. The molecule has 0 radical (unpaired) electrons. The summed E-state index contributed by atoms with van der Waals surface area (Å²) in [6.07, 6.45) is -2.86. The number of aromatic nitrogens is 3. The van der Waals surface area contributed by atoms with Gasteiger partial charge in [-0.25, -0.2) is 0 Å². The van der Waals surface area contributed by atoms with E-state index in [1.165, 1.54) is 15.9 Å². The van der Waals surface area contributed by atoms with E-state index in [1.807, 2.05) is 30.3 Å². The van der Waals surface area contributed by atoms with Crippen LogP contribution in [0.5, 0.6) is 0 Å². The molecule has 1 amide bonds. The van der Waals surface area contributed by atoms with Crippen LogP contribution in [0.2, 0.25) is 0 Å². The van der Waals surface area contributed by atoms with Gasteiger partial charge in [-0.2, -0.15) is 28.2 Å². The van der Waals surface area contributed by atoms with Crippen molar-refractivity contribution < 1.29 is 18.0 Å².